The number of aromatic nitrogens is 2. The Bertz CT molecular complexity index is 400. The van der Waals surface area contributed by atoms with E-state index in [-0.39, 0.29) is 0 Å². The number of ether oxygens (including phenoxy) is 1. The Morgan fingerprint density at radius 2 is 2.00 bits per heavy atom. The smallest absolute Gasteiger partial charge is 0.216 e. The summed E-state index contributed by atoms with van der Waals surface area (Å²) < 4.78 is 5.71. The highest BCUT2D eigenvalue weighted by Gasteiger charge is 2.14. The predicted molar refractivity (Wildman–Crippen MR) is 82.1 cm³/mol. The van der Waals surface area contributed by atoms with E-state index in [1.54, 1.807) is 0 Å². The van der Waals surface area contributed by atoms with Crippen molar-refractivity contribution in [1.29, 1.82) is 0 Å². The summed E-state index contributed by atoms with van der Waals surface area (Å²) in [5.74, 6) is 2.60. The summed E-state index contributed by atoms with van der Waals surface area (Å²) in [6, 6.07) is 1.94. The first-order valence-electron chi connectivity index (χ1n) is 8.25. The van der Waals surface area contributed by atoms with Gasteiger partial charge in [0.15, 0.2) is 0 Å². The second kappa shape index (κ2) is 8.23. The second-order valence-corrected chi connectivity index (χ2v) is 6.01. The maximum Gasteiger partial charge on any atom is 0.216 e. The lowest BCUT2D eigenvalue weighted by Gasteiger charge is -2.21. The minimum Gasteiger partial charge on any atom is -0.478 e. The van der Waals surface area contributed by atoms with Crippen molar-refractivity contribution in [3.63, 3.8) is 0 Å². The minimum atomic E-state index is 0.754. The van der Waals surface area contributed by atoms with E-state index >= 15 is 0 Å². The number of rotatable bonds is 7. The highest BCUT2D eigenvalue weighted by molar-refractivity contribution is 5.15. The fourth-order valence-corrected chi connectivity index (χ4v) is 2.91. The first-order valence-corrected chi connectivity index (χ1v) is 8.25. The summed E-state index contributed by atoms with van der Waals surface area (Å²) in [5.41, 5.74) is 1.02. The van der Waals surface area contributed by atoms with Crippen molar-refractivity contribution in [1.82, 2.24) is 9.97 Å². The number of hydrogen-bond acceptors (Lipinski definition) is 3. The van der Waals surface area contributed by atoms with Crippen LogP contribution >= 0.6 is 0 Å². The van der Waals surface area contributed by atoms with Crippen LogP contribution in [0.1, 0.15) is 69.8 Å². The Kier molecular flexibility index (Phi) is 6.28. The zero-order valence-electron chi connectivity index (χ0n) is 13.0. The summed E-state index contributed by atoms with van der Waals surface area (Å²) in [6.45, 7) is 4.96. The molecule has 0 atom stereocenters. The molecule has 1 aliphatic carbocycles. The molecule has 2 rings (SSSR count). The maximum absolute atomic E-state index is 5.71. The molecule has 112 valence electrons. The van der Waals surface area contributed by atoms with Gasteiger partial charge in [0, 0.05) is 18.2 Å². The van der Waals surface area contributed by atoms with Gasteiger partial charge in [-0.2, -0.15) is 4.98 Å². The third-order valence-corrected chi connectivity index (χ3v) is 4.13. The highest BCUT2D eigenvalue weighted by Crippen LogP contribution is 2.27. The van der Waals surface area contributed by atoms with Crippen LogP contribution in [0.15, 0.2) is 6.07 Å². The van der Waals surface area contributed by atoms with E-state index in [1.807, 2.05) is 13.0 Å². The van der Waals surface area contributed by atoms with Crippen molar-refractivity contribution in [3.05, 3.63) is 17.6 Å². The average molecular weight is 276 g/mol. The summed E-state index contributed by atoms with van der Waals surface area (Å²) in [6.07, 6.45) is 11.5. The molecule has 0 bridgehead atoms. The number of unbranched alkanes of at least 4 members (excludes halogenated alkanes) is 1. The van der Waals surface area contributed by atoms with Gasteiger partial charge in [0.1, 0.15) is 5.82 Å². The molecule has 20 heavy (non-hydrogen) atoms. The van der Waals surface area contributed by atoms with Crippen LogP contribution in [0.2, 0.25) is 0 Å². The van der Waals surface area contributed by atoms with Gasteiger partial charge in [-0.05, 0) is 25.7 Å². The van der Waals surface area contributed by atoms with E-state index < -0.39 is 0 Å². The van der Waals surface area contributed by atoms with Crippen molar-refractivity contribution >= 4 is 0 Å². The molecule has 0 spiro atoms. The largest absolute Gasteiger partial charge is 0.478 e. The van der Waals surface area contributed by atoms with Gasteiger partial charge in [0.2, 0.25) is 5.88 Å². The maximum atomic E-state index is 5.71. The summed E-state index contributed by atoms with van der Waals surface area (Å²) in [4.78, 5) is 9.11. The van der Waals surface area contributed by atoms with E-state index in [0.717, 1.165) is 49.2 Å². The lowest BCUT2D eigenvalue weighted by molar-refractivity contribution is 0.294. The molecule has 0 aliphatic heterocycles. The molecule has 1 aromatic heterocycles. The standard InChI is InChI=1S/C17H28N2O/c1-3-4-12-20-17-13-14(2)18-16(19-17)11-10-15-8-6-5-7-9-15/h13,15H,3-12H2,1-2H3. The van der Waals surface area contributed by atoms with Crippen LogP contribution in [-0.2, 0) is 6.42 Å². The van der Waals surface area contributed by atoms with Crippen molar-refractivity contribution in [2.24, 2.45) is 5.92 Å². The molecule has 1 saturated carbocycles. The minimum absolute atomic E-state index is 0.754. The quantitative estimate of drug-likeness (QED) is 0.689. The Morgan fingerprint density at radius 3 is 2.75 bits per heavy atom. The molecule has 1 aromatic rings. The average Bonchev–Trinajstić information content (AvgIpc) is 2.46. The van der Waals surface area contributed by atoms with Crippen LogP contribution < -0.4 is 4.74 Å². The SMILES string of the molecule is CCCCOc1cc(C)nc(CCC2CCCCC2)n1. The lowest BCUT2D eigenvalue weighted by atomic mass is 9.86. The van der Waals surface area contributed by atoms with Gasteiger partial charge >= 0.3 is 0 Å². The Hall–Kier alpha value is -1.12. The molecular weight excluding hydrogens is 248 g/mol. The Labute approximate surface area is 123 Å². The van der Waals surface area contributed by atoms with Gasteiger partial charge < -0.3 is 4.74 Å². The molecule has 0 aromatic carbocycles. The van der Waals surface area contributed by atoms with Crippen molar-refractivity contribution in [2.45, 2.75) is 71.6 Å². The van der Waals surface area contributed by atoms with E-state index in [0.29, 0.717) is 0 Å². The van der Waals surface area contributed by atoms with Crippen LogP contribution in [0.3, 0.4) is 0 Å². The van der Waals surface area contributed by atoms with E-state index in [9.17, 15) is 0 Å². The zero-order valence-corrected chi connectivity index (χ0v) is 13.0. The molecule has 3 heteroatoms. The molecule has 0 radical (unpaired) electrons. The fraction of sp³-hybridized carbons (Fsp3) is 0.765. The van der Waals surface area contributed by atoms with Crippen LogP contribution in [0, 0.1) is 12.8 Å². The molecule has 0 amide bonds. The fourth-order valence-electron chi connectivity index (χ4n) is 2.91. The third kappa shape index (κ3) is 5.10. The lowest BCUT2D eigenvalue weighted by Crippen LogP contribution is -2.09. The van der Waals surface area contributed by atoms with Gasteiger partial charge in [-0.1, -0.05) is 45.4 Å². The van der Waals surface area contributed by atoms with E-state index in [4.69, 9.17) is 4.74 Å². The van der Waals surface area contributed by atoms with Crippen LogP contribution in [0.25, 0.3) is 0 Å². The van der Waals surface area contributed by atoms with Gasteiger partial charge in [-0.25, -0.2) is 4.98 Å². The zero-order chi connectivity index (χ0) is 14.2. The number of nitrogens with zero attached hydrogens (tertiary/aromatic N) is 2. The Morgan fingerprint density at radius 1 is 1.20 bits per heavy atom. The van der Waals surface area contributed by atoms with Crippen LogP contribution in [0.5, 0.6) is 5.88 Å². The summed E-state index contributed by atoms with van der Waals surface area (Å²) >= 11 is 0. The number of hydrogen-bond donors (Lipinski definition) is 0. The Balaban J connectivity index is 1.86. The van der Waals surface area contributed by atoms with Gasteiger partial charge in [0.25, 0.3) is 0 Å². The summed E-state index contributed by atoms with van der Waals surface area (Å²) in [7, 11) is 0. The van der Waals surface area contributed by atoms with Crippen molar-refractivity contribution in [3.8, 4) is 5.88 Å². The summed E-state index contributed by atoms with van der Waals surface area (Å²) in [5, 5.41) is 0. The first-order chi connectivity index (χ1) is 9.78. The normalized spacial score (nSPS) is 16.3. The predicted octanol–water partition coefficient (Wildman–Crippen LogP) is 4.48. The van der Waals surface area contributed by atoms with Crippen LogP contribution in [-0.4, -0.2) is 16.6 Å². The number of aryl methyl sites for hydroxylation is 2. The topological polar surface area (TPSA) is 35.0 Å². The van der Waals surface area contributed by atoms with Crippen molar-refractivity contribution < 1.29 is 4.74 Å². The van der Waals surface area contributed by atoms with Crippen molar-refractivity contribution in [2.75, 3.05) is 6.61 Å². The second-order valence-electron chi connectivity index (χ2n) is 6.01. The molecule has 1 aliphatic rings. The van der Waals surface area contributed by atoms with E-state index in [2.05, 4.69) is 16.9 Å². The molecule has 3 nitrogen and oxygen atoms in total. The molecule has 0 saturated heterocycles. The molecular formula is C17H28N2O. The first kappa shape index (κ1) is 15.3. The van der Waals surface area contributed by atoms with Crippen LogP contribution in [0.4, 0.5) is 0 Å². The molecule has 0 N–H and O–H groups in total. The monoisotopic (exact) mass is 276 g/mol. The third-order valence-electron chi connectivity index (χ3n) is 4.13. The molecule has 1 heterocycles. The molecule has 0 unspecified atom stereocenters. The van der Waals surface area contributed by atoms with E-state index in [1.165, 1.54) is 38.5 Å². The van der Waals surface area contributed by atoms with Gasteiger partial charge in [-0.15, -0.1) is 0 Å². The van der Waals surface area contributed by atoms with Gasteiger partial charge in [-0.3, -0.25) is 0 Å². The molecule has 1 fully saturated rings. The highest BCUT2D eigenvalue weighted by atomic mass is 16.5. The van der Waals surface area contributed by atoms with Gasteiger partial charge in [0.05, 0.1) is 6.61 Å².